The maximum Gasteiger partial charge on any atom is 0.433 e. The Bertz CT molecular complexity index is 1740. The second kappa shape index (κ2) is 10.5. The van der Waals surface area contributed by atoms with E-state index in [1.807, 2.05) is 38.1 Å². The van der Waals surface area contributed by atoms with Crippen LogP contribution in [0.3, 0.4) is 0 Å². The van der Waals surface area contributed by atoms with Gasteiger partial charge in [-0.25, -0.2) is 9.67 Å². The minimum absolute atomic E-state index is 0.0000826. The van der Waals surface area contributed by atoms with E-state index in [0.29, 0.717) is 22.6 Å². The van der Waals surface area contributed by atoms with E-state index in [0.717, 1.165) is 17.2 Å². The lowest BCUT2D eigenvalue weighted by Gasteiger charge is -2.12. The molecule has 5 rings (SSSR count). The molecule has 204 valence electrons. The average molecular weight is 566 g/mol. The van der Waals surface area contributed by atoms with Crippen molar-refractivity contribution in [2.24, 2.45) is 5.73 Å². The van der Waals surface area contributed by atoms with Gasteiger partial charge in [0.25, 0.3) is 11.8 Å². The molecule has 0 atom stereocenters. The Morgan fingerprint density at radius 3 is 2.48 bits per heavy atom. The van der Waals surface area contributed by atoms with Crippen LogP contribution in [0.5, 0.6) is 5.75 Å². The molecular weight excluding hydrogens is 543 g/mol. The molecule has 0 saturated carbocycles. The fourth-order valence-electron chi connectivity index (χ4n) is 4.08. The van der Waals surface area contributed by atoms with Gasteiger partial charge >= 0.3 is 6.18 Å². The molecule has 3 aromatic heterocycles. The average Bonchev–Trinajstić information content (AvgIpc) is 3.53. The van der Waals surface area contributed by atoms with Crippen LogP contribution < -0.4 is 15.8 Å². The topological polar surface area (TPSA) is 112 Å². The van der Waals surface area contributed by atoms with E-state index in [2.05, 4.69) is 15.4 Å². The molecular formula is C28H22F3N5O3S. The largest absolute Gasteiger partial charge is 0.471 e. The second-order valence-corrected chi connectivity index (χ2v) is 10.0. The number of fused-ring (bicyclic) bond motifs is 1. The number of alkyl halides is 3. The number of para-hydroxylation sites is 1. The Hall–Kier alpha value is -4.71. The van der Waals surface area contributed by atoms with E-state index < -0.39 is 23.7 Å². The molecule has 2 aromatic carbocycles. The minimum Gasteiger partial charge on any atom is -0.471 e. The first kappa shape index (κ1) is 26.9. The Kier molecular flexibility index (Phi) is 7.03. The Morgan fingerprint density at radius 1 is 1.07 bits per heavy atom. The molecule has 0 aliphatic rings. The van der Waals surface area contributed by atoms with Gasteiger partial charge in [0.15, 0.2) is 12.4 Å². The number of nitrogens with one attached hydrogen (secondary N) is 1. The molecule has 0 bridgehead atoms. The quantitative estimate of drug-likeness (QED) is 0.245. The molecule has 3 heterocycles. The van der Waals surface area contributed by atoms with Gasteiger partial charge in [0.1, 0.15) is 21.2 Å². The Labute approximate surface area is 230 Å². The summed E-state index contributed by atoms with van der Waals surface area (Å²) in [5.74, 6) is -0.945. The van der Waals surface area contributed by atoms with Gasteiger partial charge in [-0.05, 0) is 48.7 Å². The predicted molar refractivity (Wildman–Crippen MR) is 145 cm³/mol. The highest BCUT2D eigenvalue weighted by molar-refractivity contribution is 7.21. The molecule has 0 fully saturated rings. The third-order valence-corrected chi connectivity index (χ3v) is 7.19. The van der Waals surface area contributed by atoms with Crippen molar-refractivity contribution in [3.8, 4) is 16.9 Å². The molecule has 0 saturated heterocycles. The monoisotopic (exact) mass is 565 g/mol. The molecule has 0 radical (unpaired) electrons. The van der Waals surface area contributed by atoms with E-state index in [1.165, 1.54) is 10.7 Å². The first-order valence-electron chi connectivity index (χ1n) is 12.0. The van der Waals surface area contributed by atoms with Crippen LogP contribution in [-0.4, -0.2) is 26.6 Å². The number of benzene rings is 2. The summed E-state index contributed by atoms with van der Waals surface area (Å²) in [6.07, 6.45) is -3.19. The number of pyridine rings is 1. The number of carbonyl (C=O) groups excluding carboxylic acids is 2. The highest BCUT2D eigenvalue weighted by Crippen LogP contribution is 2.43. The number of nitrogens with zero attached hydrogens (tertiary/aromatic N) is 3. The number of halogens is 3. The molecule has 8 nitrogen and oxygen atoms in total. The van der Waals surface area contributed by atoms with Crippen molar-refractivity contribution in [2.75, 3.05) is 5.32 Å². The van der Waals surface area contributed by atoms with E-state index in [9.17, 15) is 22.8 Å². The van der Waals surface area contributed by atoms with Crippen molar-refractivity contribution in [1.29, 1.82) is 0 Å². The summed E-state index contributed by atoms with van der Waals surface area (Å²) in [5.41, 5.74) is 6.85. The molecule has 0 aliphatic carbocycles. The third kappa shape index (κ3) is 5.38. The van der Waals surface area contributed by atoms with E-state index >= 15 is 0 Å². The van der Waals surface area contributed by atoms with Crippen molar-refractivity contribution in [1.82, 2.24) is 14.8 Å². The van der Waals surface area contributed by atoms with Crippen molar-refractivity contribution in [2.45, 2.75) is 26.8 Å². The third-order valence-electron chi connectivity index (χ3n) is 6.10. The van der Waals surface area contributed by atoms with Crippen LogP contribution in [0.1, 0.15) is 37.0 Å². The number of rotatable bonds is 7. The van der Waals surface area contributed by atoms with Crippen LogP contribution in [0.15, 0.2) is 66.9 Å². The SMILES string of the molecule is Cc1ccc(-c2cc(C(F)(F)F)nc3sc(C(N)=O)c(NC(=O)c4ccn(COc5ccccc5C)n4)c23)cc1. The maximum atomic E-state index is 13.7. The fraction of sp³-hybridized carbons (Fsp3) is 0.143. The number of nitrogens with two attached hydrogens (primary N) is 1. The lowest BCUT2D eigenvalue weighted by Crippen LogP contribution is -2.18. The zero-order valence-corrected chi connectivity index (χ0v) is 22.1. The molecule has 0 aliphatic heterocycles. The van der Waals surface area contributed by atoms with E-state index in [4.69, 9.17) is 10.5 Å². The second-order valence-electron chi connectivity index (χ2n) is 9.00. The number of aromatic nitrogens is 3. The highest BCUT2D eigenvalue weighted by Gasteiger charge is 2.35. The van der Waals surface area contributed by atoms with Crippen LogP contribution in [0.25, 0.3) is 21.3 Å². The van der Waals surface area contributed by atoms with Gasteiger partial charge in [-0.2, -0.15) is 18.3 Å². The number of aryl methyl sites for hydroxylation is 2. The zero-order valence-electron chi connectivity index (χ0n) is 21.2. The number of thiophene rings is 1. The Balaban J connectivity index is 1.53. The van der Waals surface area contributed by atoms with Gasteiger partial charge in [0.2, 0.25) is 0 Å². The van der Waals surface area contributed by atoms with Gasteiger partial charge < -0.3 is 15.8 Å². The van der Waals surface area contributed by atoms with Crippen LogP contribution in [0, 0.1) is 13.8 Å². The first-order valence-corrected chi connectivity index (χ1v) is 12.8. The van der Waals surface area contributed by atoms with Crippen molar-refractivity contribution in [3.05, 3.63) is 94.3 Å². The van der Waals surface area contributed by atoms with Gasteiger partial charge in [0, 0.05) is 11.6 Å². The van der Waals surface area contributed by atoms with Crippen LogP contribution >= 0.6 is 11.3 Å². The lowest BCUT2D eigenvalue weighted by molar-refractivity contribution is -0.140. The standard InChI is InChI=1S/C28H22F3N5O3S/c1-15-7-9-17(10-8-15)18-13-21(28(29,30)31)33-27-22(18)23(24(40-27)25(32)37)34-26(38)19-11-12-36(35-19)14-39-20-6-4-3-5-16(20)2/h3-13H,14H2,1-2H3,(H2,32,37)(H,34,38). The normalized spacial score (nSPS) is 11.5. The van der Waals surface area contributed by atoms with E-state index in [-0.39, 0.29) is 38.8 Å². The van der Waals surface area contributed by atoms with Crippen molar-refractivity contribution < 1.29 is 27.5 Å². The molecule has 2 amide bonds. The lowest BCUT2D eigenvalue weighted by atomic mass is 10.00. The Morgan fingerprint density at radius 2 is 1.80 bits per heavy atom. The molecule has 3 N–H and O–H groups in total. The number of ether oxygens (including phenoxy) is 1. The van der Waals surface area contributed by atoms with Crippen LogP contribution in [0.4, 0.5) is 18.9 Å². The maximum absolute atomic E-state index is 13.7. The minimum atomic E-state index is -4.74. The predicted octanol–water partition coefficient (Wildman–Crippen LogP) is 6.18. The first-order chi connectivity index (χ1) is 19.0. The summed E-state index contributed by atoms with van der Waals surface area (Å²) in [6.45, 7) is 3.78. The number of carbonyl (C=O) groups is 2. The van der Waals surface area contributed by atoms with Crippen LogP contribution in [-0.2, 0) is 12.9 Å². The van der Waals surface area contributed by atoms with Gasteiger partial charge in [-0.15, -0.1) is 11.3 Å². The number of hydrogen-bond acceptors (Lipinski definition) is 6. The fourth-order valence-corrected chi connectivity index (χ4v) is 5.09. The van der Waals surface area contributed by atoms with Gasteiger partial charge in [0.05, 0.1) is 5.69 Å². The summed E-state index contributed by atoms with van der Waals surface area (Å²) in [7, 11) is 0. The molecule has 0 spiro atoms. The van der Waals surface area contributed by atoms with Crippen molar-refractivity contribution in [3.63, 3.8) is 0 Å². The van der Waals surface area contributed by atoms with Crippen molar-refractivity contribution >= 4 is 39.1 Å². The van der Waals surface area contributed by atoms with E-state index in [1.54, 1.807) is 30.5 Å². The number of amides is 2. The molecule has 5 aromatic rings. The highest BCUT2D eigenvalue weighted by atomic mass is 32.1. The van der Waals surface area contributed by atoms with Gasteiger partial charge in [-0.1, -0.05) is 48.0 Å². The van der Waals surface area contributed by atoms with Crippen LogP contribution in [0.2, 0.25) is 0 Å². The summed E-state index contributed by atoms with van der Waals surface area (Å²) in [5, 5.41) is 7.04. The number of hydrogen-bond donors (Lipinski definition) is 2. The van der Waals surface area contributed by atoms with Gasteiger partial charge in [-0.3, -0.25) is 9.59 Å². The zero-order chi connectivity index (χ0) is 28.6. The summed E-state index contributed by atoms with van der Waals surface area (Å²) in [4.78, 5) is 29.1. The molecule has 12 heteroatoms. The molecule has 40 heavy (non-hydrogen) atoms. The summed E-state index contributed by atoms with van der Waals surface area (Å²) < 4.78 is 48.4. The summed E-state index contributed by atoms with van der Waals surface area (Å²) in [6, 6.07) is 16.6. The smallest absolute Gasteiger partial charge is 0.433 e. The number of primary amides is 1. The molecule has 0 unspecified atom stereocenters. The summed E-state index contributed by atoms with van der Waals surface area (Å²) >= 11 is 0.678. The number of anilines is 1.